The van der Waals surface area contributed by atoms with Gasteiger partial charge in [0, 0.05) is 38.3 Å². The van der Waals surface area contributed by atoms with Crippen LogP contribution >= 0.6 is 11.3 Å². The van der Waals surface area contributed by atoms with Crippen molar-refractivity contribution in [2.75, 3.05) is 30.9 Å². The number of anilines is 2. The fourth-order valence-electron chi connectivity index (χ4n) is 4.35. The largest absolute Gasteiger partial charge is 0.378 e. The predicted molar refractivity (Wildman–Crippen MR) is 131 cm³/mol. The maximum atomic E-state index is 12.9. The highest BCUT2D eigenvalue weighted by Crippen LogP contribution is 2.30. The van der Waals surface area contributed by atoms with E-state index in [1.54, 1.807) is 4.90 Å². The van der Waals surface area contributed by atoms with Gasteiger partial charge in [-0.2, -0.15) is 0 Å². The first-order chi connectivity index (χ1) is 15.0. The van der Waals surface area contributed by atoms with E-state index in [0.29, 0.717) is 24.5 Å². The van der Waals surface area contributed by atoms with E-state index in [1.807, 2.05) is 43.3 Å². The van der Waals surface area contributed by atoms with Crippen LogP contribution in [0.5, 0.6) is 0 Å². The van der Waals surface area contributed by atoms with Gasteiger partial charge in [0.05, 0.1) is 0 Å². The quantitative estimate of drug-likeness (QED) is 0.654. The summed E-state index contributed by atoms with van der Waals surface area (Å²) in [6, 6.07) is 7.61. The maximum absolute atomic E-state index is 12.9. The SMILES string of the molecule is CC(CC(=O)N1CCCC1C(=O)Nc1nnc(-c2ccc(N(C)C)cc2)s1)CC(C)(C)C. The van der Waals surface area contributed by atoms with Crippen LogP contribution in [0.2, 0.25) is 0 Å². The molecule has 0 radical (unpaired) electrons. The third-order valence-electron chi connectivity index (χ3n) is 5.65. The van der Waals surface area contributed by atoms with Crippen molar-refractivity contribution in [2.45, 2.75) is 59.4 Å². The summed E-state index contributed by atoms with van der Waals surface area (Å²) in [4.78, 5) is 29.6. The summed E-state index contributed by atoms with van der Waals surface area (Å²) in [5.74, 6) is 0.180. The number of carbonyl (C=O) groups excluding carboxylic acids is 2. The zero-order valence-corrected chi connectivity index (χ0v) is 20.8. The molecule has 0 spiro atoms. The number of rotatable bonds is 7. The molecule has 2 atom stereocenters. The number of amides is 2. The van der Waals surface area contributed by atoms with Crippen molar-refractivity contribution in [3.63, 3.8) is 0 Å². The third-order valence-corrected chi connectivity index (χ3v) is 6.53. The van der Waals surface area contributed by atoms with Crippen LogP contribution in [0.3, 0.4) is 0 Å². The first-order valence-corrected chi connectivity index (χ1v) is 12.1. The molecule has 0 saturated carbocycles. The lowest BCUT2D eigenvalue weighted by molar-refractivity contribution is -0.137. The van der Waals surface area contributed by atoms with E-state index in [9.17, 15) is 9.59 Å². The number of hydrogen-bond donors (Lipinski definition) is 1. The fraction of sp³-hybridized carbons (Fsp3) is 0.583. The van der Waals surface area contributed by atoms with Gasteiger partial charge in [-0.1, -0.05) is 39.0 Å². The molecule has 3 rings (SSSR count). The molecule has 2 heterocycles. The molecule has 1 fully saturated rings. The zero-order chi connectivity index (χ0) is 23.5. The first-order valence-electron chi connectivity index (χ1n) is 11.2. The van der Waals surface area contributed by atoms with E-state index in [2.05, 4.69) is 43.2 Å². The van der Waals surface area contributed by atoms with Gasteiger partial charge >= 0.3 is 0 Å². The molecular weight excluding hydrogens is 422 g/mol. The Morgan fingerprint density at radius 1 is 1.22 bits per heavy atom. The molecule has 174 valence electrons. The van der Waals surface area contributed by atoms with Gasteiger partial charge < -0.3 is 9.80 Å². The molecule has 32 heavy (non-hydrogen) atoms. The van der Waals surface area contributed by atoms with Crippen LogP contribution in [0.4, 0.5) is 10.8 Å². The molecule has 2 amide bonds. The van der Waals surface area contributed by atoms with Crippen molar-refractivity contribution in [3.05, 3.63) is 24.3 Å². The minimum absolute atomic E-state index is 0.0679. The van der Waals surface area contributed by atoms with Gasteiger partial charge in [0.15, 0.2) is 0 Å². The van der Waals surface area contributed by atoms with Crippen LogP contribution in [0.25, 0.3) is 10.6 Å². The lowest BCUT2D eigenvalue weighted by Gasteiger charge is -2.27. The van der Waals surface area contributed by atoms with Crippen molar-refractivity contribution in [1.29, 1.82) is 0 Å². The molecule has 1 saturated heterocycles. The Labute approximate surface area is 195 Å². The number of nitrogens with one attached hydrogen (secondary N) is 1. The summed E-state index contributed by atoms with van der Waals surface area (Å²) in [5, 5.41) is 12.5. The third kappa shape index (κ3) is 6.28. The molecule has 1 aliphatic heterocycles. The second-order valence-corrected chi connectivity index (χ2v) is 11.1. The molecule has 1 aromatic carbocycles. The van der Waals surface area contributed by atoms with Crippen molar-refractivity contribution in [2.24, 2.45) is 11.3 Å². The lowest BCUT2D eigenvalue weighted by Crippen LogP contribution is -2.43. The van der Waals surface area contributed by atoms with E-state index in [4.69, 9.17) is 0 Å². The van der Waals surface area contributed by atoms with Gasteiger partial charge in [0.25, 0.3) is 0 Å². The molecule has 7 nitrogen and oxygen atoms in total. The summed E-state index contributed by atoms with van der Waals surface area (Å²) in [5.41, 5.74) is 2.25. The molecule has 0 bridgehead atoms. The van der Waals surface area contributed by atoms with E-state index < -0.39 is 6.04 Å². The minimum atomic E-state index is -0.434. The number of nitrogens with zero attached hydrogens (tertiary/aromatic N) is 4. The maximum Gasteiger partial charge on any atom is 0.249 e. The highest BCUT2D eigenvalue weighted by Gasteiger charge is 2.35. The van der Waals surface area contributed by atoms with E-state index in [-0.39, 0.29) is 23.1 Å². The highest BCUT2D eigenvalue weighted by molar-refractivity contribution is 7.18. The second kappa shape index (κ2) is 9.98. The Morgan fingerprint density at radius 3 is 2.53 bits per heavy atom. The molecule has 1 N–H and O–H groups in total. The summed E-state index contributed by atoms with van der Waals surface area (Å²) in [6.45, 7) is 9.31. The topological polar surface area (TPSA) is 78.4 Å². The summed E-state index contributed by atoms with van der Waals surface area (Å²) in [6.07, 6.45) is 2.99. The van der Waals surface area contributed by atoms with E-state index in [1.165, 1.54) is 11.3 Å². The molecule has 2 aromatic rings. The fourth-order valence-corrected chi connectivity index (χ4v) is 5.10. The monoisotopic (exact) mass is 457 g/mol. The second-order valence-electron chi connectivity index (χ2n) is 10.2. The van der Waals surface area contributed by atoms with Crippen molar-refractivity contribution < 1.29 is 9.59 Å². The number of hydrogen-bond acceptors (Lipinski definition) is 6. The van der Waals surface area contributed by atoms with Crippen LogP contribution < -0.4 is 10.2 Å². The average molecular weight is 458 g/mol. The molecular formula is C24H35N5O2S. The number of aromatic nitrogens is 2. The van der Waals surface area contributed by atoms with E-state index in [0.717, 1.165) is 29.1 Å². The summed E-state index contributed by atoms with van der Waals surface area (Å²) in [7, 11) is 3.99. The summed E-state index contributed by atoms with van der Waals surface area (Å²) >= 11 is 1.34. The van der Waals surface area contributed by atoms with Gasteiger partial charge in [-0.15, -0.1) is 10.2 Å². The number of likely N-dealkylation sites (tertiary alicyclic amines) is 1. The standard InChI is InChI=1S/C24H35N5O2S/c1-16(15-24(2,3)4)14-20(30)29-13-7-8-19(29)21(31)25-23-27-26-22(32-23)17-9-11-18(12-10-17)28(5)6/h9-12,16,19H,7-8,13-15H2,1-6H3,(H,25,27,31). The highest BCUT2D eigenvalue weighted by atomic mass is 32.1. The Balaban J connectivity index is 1.61. The van der Waals surface area contributed by atoms with Crippen molar-refractivity contribution in [3.8, 4) is 10.6 Å². The van der Waals surface area contributed by atoms with Crippen LogP contribution in [-0.4, -0.2) is 53.6 Å². The van der Waals surface area contributed by atoms with Crippen molar-refractivity contribution in [1.82, 2.24) is 15.1 Å². The van der Waals surface area contributed by atoms with E-state index >= 15 is 0 Å². The molecule has 0 aliphatic carbocycles. The molecule has 8 heteroatoms. The van der Waals surface area contributed by atoms with Crippen LogP contribution in [-0.2, 0) is 9.59 Å². The Kier molecular flexibility index (Phi) is 7.54. The van der Waals surface area contributed by atoms with Gasteiger partial charge in [-0.05, 0) is 54.9 Å². The van der Waals surface area contributed by atoms with Crippen LogP contribution in [0.1, 0.15) is 53.4 Å². The smallest absolute Gasteiger partial charge is 0.249 e. The Bertz CT molecular complexity index is 933. The molecule has 1 aromatic heterocycles. The van der Waals surface area contributed by atoms with Gasteiger partial charge in [0.1, 0.15) is 11.0 Å². The zero-order valence-electron chi connectivity index (χ0n) is 20.0. The van der Waals surface area contributed by atoms with Gasteiger partial charge in [-0.3, -0.25) is 14.9 Å². The van der Waals surface area contributed by atoms with Gasteiger partial charge in [-0.25, -0.2) is 0 Å². The summed E-state index contributed by atoms with van der Waals surface area (Å²) < 4.78 is 0. The number of carbonyl (C=O) groups is 2. The average Bonchev–Trinajstić information content (AvgIpc) is 3.36. The molecule has 2 unspecified atom stereocenters. The molecule has 1 aliphatic rings. The van der Waals surface area contributed by atoms with Crippen molar-refractivity contribution >= 4 is 34.0 Å². The minimum Gasteiger partial charge on any atom is -0.378 e. The number of benzene rings is 1. The Morgan fingerprint density at radius 2 is 1.91 bits per heavy atom. The Hall–Kier alpha value is -2.48. The normalized spacial score (nSPS) is 17.3. The first kappa shape index (κ1) is 24.2. The van der Waals surface area contributed by atoms with Crippen LogP contribution in [0.15, 0.2) is 24.3 Å². The van der Waals surface area contributed by atoms with Gasteiger partial charge in [0.2, 0.25) is 16.9 Å². The predicted octanol–water partition coefficient (Wildman–Crippen LogP) is 4.66. The van der Waals surface area contributed by atoms with Crippen LogP contribution in [0, 0.1) is 11.3 Å². The lowest BCUT2D eigenvalue weighted by atomic mass is 9.84.